The Hall–Kier alpha value is 2.36. The van der Waals surface area contributed by atoms with Gasteiger partial charge >= 0.3 is 5.20 Å². The Bertz CT molecular complexity index is 56.9. The van der Waals surface area contributed by atoms with E-state index < -0.39 is 5.20 Å². The Labute approximate surface area is 80.1 Å². The Morgan fingerprint density at radius 1 is 1.17 bits per heavy atom. The van der Waals surface area contributed by atoms with Crippen LogP contribution in [0.25, 0.3) is 0 Å². The predicted octanol–water partition coefficient (Wildman–Crippen LogP) is 2.43. The maximum Gasteiger partial charge on any atom is 0.339 e. The van der Waals surface area contributed by atoms with Gasteiger partial charge in [-0.3, -0.25) is 4.57 Å². The van der Waals surface area contributed by atoms with Gasteiger partial charge in [-0.2, -0.15) is 0 Å². The molecule has 0 rings (SSSR count). The van der Waals surface area contributed by atoms with Gasteiger partial charge in [0.25, 0.3) is 0 Å². The van der Waals surface area contributed by atoms with Gasteiger partial charge in [0.15, 0.2) is 0 Å². The summed E-state index contributed by atoms with van der Waals surface area (Å²) in [6.07, 6.45) is 0. The van der Waals surface area contributed by atoms with Crippen molar-refractivity contribution in [3.8, 4) is 0 Å². The van der Waals surface area contributed by atoms with E-state index in [1.165, 1.54) is 0 Å². The largest absolute Gasteiger partial charge is 0.339 e. The molecule has 0 amide bonds. The molecular weight excluding hydrogens is 193 g/mol. The molecule has 0 aliphatic rings. The van der Waals surface area contributed by atoms with Crippen LogP contribution in [-0.4, -0.2) is 37.7 Å². The second-order valence-electron chi connectivity index (χ2n) is 0.399. The van der Waals surface area contributed by atoms with Crippen molar-refractivity contribution < 1.29 is 4.57 Å². The Balaban J connectivity index is 0. The smallest absolute Gasteiger partial charge is 0.271 e. The van der Waals surface area contributed by atoms with Crippen LogP contribution in [0, 0.1) is 0 Å². The zero-order chi connectivity index (χ0) is 4.50. The molecule has 0 aromatic rings. The fraction of sp³-hybridized carbons (Fsp3) is 0. The van der Waals surface area contributed by atoms with Crippen LogP contribution in [0.2, 0.25) is 0 Å². The number of halogens is 3. The van der Waals surface area contributed by atoms with Gasteiger partial charge in [-0.15, -0.1) is 0 Å². The monoisotopic (exact) mass is 192 g/mol. The van der Waals surface area contributed by atoms with E-state index in [0.29, 0.717) is 0 Å². The average Bonchev–Trinajstić information content (AvgIpc) is 0.722. The summed E-state index contributed by atoms with van der Waals surface area (Å²) in [6.45, 7) is 0. The second-order valence-corrected chi connectivity index (χ2v) is 7.04. The quantitative estimate of drug-likeness (QED) is 0.426. The molecule has 0 spiro atoms. The maximum atomic E-state index is 9.51. The normalized spacial score (nSPS) is 9.83. The number of hydrogen-bond donors (Lipinski definition) is 0. The minimum absolute atomic E-state index is 0. The standard InChI is InChI=1S/Ca.Cl3OP/c;1-5(2,3)4. The van der Waals surface area contributed by atoms with E-state index in [2.05, 4.69) is 33.7 Å². The molecule has 0 aliphatic carbocycles. The van der Waals surface area contributed by atoms with E-state index >= 15 is 0 Å². The molecule has 0 N–H and O–H groups in total. The Morgan fingerprint density at radius 2 is 1.17 bits per heavy atom. The number of hydrogen-bond acceptors (Lipinski definition) is 1. The molecule has 1 nitrogen and oxygen atoms in total. The van der Waals surface area contributed by atoms with E-state index in [1.54, 1.807) is 0 Å². The molecule has 0 saturated heterocycles. The summed E-state index contributed by atoms with van der Waals surface area (Å²) in [4.78, 5) is 0. The maximum absolute atomic E-state index is 9.51. The SMILES string of the molecule is O=P(Cl)(Cl)Cl.[Ca]. The molecule has 34 valence electrons. The van der Waals surface area contributed by atoms with Crippen molar-refractivity contribution in [3.05, 3.63) is 0 Å². The van der Waals surface area contributed by atoms with Crippen LogP contribution in [0.5, 0.6) is 0 Å². The molecule has 6 heavy (non-hydrogen) atoms. The minimum Gasteiger partial charge on any atom is -0.271 e. The first-order valence-electron chi connectivity index (χ1n) is 0.690. The van der Waals surface area contributed by atoms with Gasteiger partial charge < -0.3 is 0 Å². The third-order valence-electron chi connectivity index (χ3n) is 0. The van der Waals surface area contributed by atoms with Crippen molar-refractivity contribution >= 4 is 76.7 Å². The van der Waals surface area contributed by atoms with Gasteiger partial charge in [0.05, 0.1) is 0 Å². The van der Waals surface area contributed by atoms with Crippen molar-refractivity contribution in [3.63, 3.8) is 0 Å². The van der Waals surface area contributed by atoms with Crippen molar-refractivity contribution in [1.82, 2.24) is 0 Å². The fourth-order valence-corrected chi connectivity index (χ4v) is 0. The molecule has 2 radical (unpaired) electrons. The molecule has 0 aromatic carbocycles. The molecule has 0 heterocycles. The zero-order valence-electron chi connectivity index (χ0n) is 2.70. The minimum atomic E-state index is -3.22. The number of rotatable bonds is 0. The van der Waals surface area contributed by atoms with Gasteiger partial charge in [0.1, 0.15) is 0 Å². The van der Waals surface area contributed by atoms with Gasteiger partial charge in [-0.1, -0.05) is 0 Å². The zero-order valence-corrected chi connectivity index (χ0v) is 8.07. The van der Waals surface area contributed by atoms with Crippen molar-refractivity contribution in [1.29, 1.82) is 0 Å². The third-order valence-corrected chi connectivity index (χ3v) is 0. The van der Waals surface area contributed by atoms with Gasteiger partial charge in [-0.25, -0.2) is 0 Å². The summed E-state index contributed by atoms with van der Waals surface area (Å²) in [6, 6.07) is 0. The third kappa shape index (κ3) is 32.8. The molecule has 0 fully saturated rings. The molecule has 0 aliphatic heterocycles. The molecule has 0 aromatic heterocycles. The first-order chi connectivity index (χ1) is 2.00. The summed E-state index contributed by atoms with van der Waals surface area (Å²) < 4.78 is 9.51. The summed E-state index contributed by atoms with van der Waals surface area (Å²) in [5, 5.41) is -3.22. The van der Waals surface area contributed by atoms with Crippen LogP contribution in [0.3, 0.4) is 0 Å². The van der Waals surface area contributed by atoms with Crippen LogP contribution < -0.4 is 0 Å². The predicted molar refractivity (Wildman–Crippen MR) is 30.9 cm³/mol. The summed E-state index contributed by atoms with van der Waals surface area (Å²) >= 11 is 13.8. The van der Waals surface area contributed by atoms with E-state index in [4.69, 9.17) is 0 Å². The summed E-state index contributed by atoms with van der Waals surface area (Å²) in [5.74, 6) is 0. The van der Waals surface area contributed by atoms with Crippen LogP contribution >= 0.6 is 38.9 Å². The van der Waals surface area contributed by atoms with Gasteiger partial charge in [-0.05, 0) is 33.7 Å². The van der Waals surface area contributed by atoms with Crippen LogP contribution in [-0.2, 0) is 4.57 Å². The van der Waals surface area contributed by atoms with Gasteiger partial charge in [0.2, 0.25) is 0 Å². The van der Waals surface area contributed by atoms with E-state index in [0.717, 1.165) is 0 Å². The molecule has 0 atom stereocenters. The van der Waals surface area contributed by atoms with E-state index in [-0.39, 0.29) is 37.7 Å². The van der Waals surface area contributed by atoms with Gasteiger partial charge in [0, 0.05) is 37.7 Å². The van der Waals surface area contributed by atoms with Crippen LogP contribution in [0.15, 0.2) is 0 Å². The van der Waals surface area contributed by atoms with E-state index in [9.17, 15) is 4.57 Å². The molecular formula is CaCl3OP. The first-order valence-corrected chi connectivity index (χ1v) is 5.11. The topological polar surface area (TPSA) is 17.1 Å². The Kier molecular flexibility index (Phi) is 7.95. The summed E-state index contributed by atoms with van der Waals surface area (Å²) in [5.41, 5.74) is 0. The van der Waals surface area contributed by atoms with E-state index in [1.807, 2.05) is 0 Å². The Morgan fingerprint density at radius 3 is 1.17 bits per heavy atom. The molecule has 0 unspecified atom stereocenters. The first kappa shape index (κ1) is 11.2. The summed E-state index contributed by atoms with van der Waals surface area (Å²) in [7, 11) is 0. The van der Waals surface area contributed by atoms with Crippen LogP contribution in [0.1, 0.15) is 0 Å². The molecule has 0 saturated carbocycles. The van der Waals surface area contributed by atoms with Crippen molar-refractivity contribution in [2.45, 2.75) is 0 Å². The molecule has 6 heteroatoms. The average molecular weight is 193 g/mol. The van der Waals surface area contributed by atoms with Crippen molar-refractivity contribution in [2.75, 3.05) is 0 Å². The molecule has 0 bridgehead atoms. The van der Waals surface area contributed by atoms with Crippen LogP contribution in [0.4, 0.5) is 0 Å². The second kappa shape index (κ2) is 4.26. The van der Waals surface area contributed by atoms with Crippen molar-refractivity contribution in [2.24, 2.45) is 0 Å². The fourth-order valence-electron chi connectivity index (χ4n) is 0.